The Balaban J connectivity index is 1.33. The number of amides is 1. The van der Waals surface area contributed by atoms with Gasteiger partial charge in [-0.1, -0.05) is 30.3 Å². The van der Waals surface area contributed by atoms with Crippen LogP contribution in [0.3, 0.4) is 0 Å². The molecular weight excluding hydrogens is 320 g/mol. The van der Waals surface area contributed by atoms with E-state index in [1.54, 1.807) is 24.2 Å². The SMILES string of the molecule is O=C(CSCc1ccccc1)N1[C@H]2CC[C@H]1CC(n1nccn1)C2. The zero-order chi connectivity index (χ0) is 16.4. The third-order valence-electron chi connectivity index (χ3n) is 5.10. The van der Waals surface area contributed by atoms with Crippen LogP contribution in [0.1, 0.15) is 37.3 Å². The molecule has 3 heterocycles. The molecule has 4 rings (SSSR count). The Kier molecular flexibility index (Phi) is 4.56. The first-order valence-electron chi connectivity index (χ1n) is 8.60. The van der Waals surface area contributed by atoms with Gasteiger partial charge in [0.05, 0.1) is 24.2 Å². The van der Waals surface area contributed by atoms with Gasteiger partial charge < -0.3 is 4.90 Å². The minimum absolute atomic E-state index is 0.301. The van der Waals surface area contributed by atoms with E-state index in [2.05, 4.69) is 27.2 Å². The Bertz CT molecular complexity index is 662. The normalized spacial score (nSPS) is 25.8. The van der Waals surface area contributed by atoms with E-state index in [4.69, 9.17) is 0 Å². The summed E-state index contributed by atoms with van der Waals surface area (Å²) in [4.78, 5) is 16.7. The molecule has 1 amide bonds. The van der Waals surface area contributed by atoms with E-state index in [0.29, 0.717) is 29.8 Å². The molecule has 1 aromatic heterocycles. The van der Waals surface area contributed by atoms with Crippen molar-refractivity contribution in [1.82, 2.24) is 19.9 Å². The van der Waals surface area contributed by atoms with Crippen LogP contribution in [0.4, 0.5) is 0 Å². The van der Waals surface area contributed by atoms with Crippen LogP contribution in [0.25, 0.3) is 0 Å². The molecule has 2 saturated heterocycles. The van der Waals surface area contributed by atoms with E-state index in [9.17, 15) is 4.79 Å². The van der Waals surface area contributed by atoms with Crippen LogP contribution in [0, 0.1) is 0 Å². The zero-order valence-corrected chi connectivity index (χ0v) is 14.4. The molecule has 1 aromatic carbocycles. The molecule has 0 radical (unpaired) electrons. The van der Waals surface area contributed by atoms with Crippen molar-refractivity contribution in [2.75, 3.05) is 5.75 Å². The van der Waals surface area contributed by atoms with Gasteiger partial charge in [-0.05, 0) is 31.2 Å². The van der Waals surface area contributed by atoms with E-state index < -0.39 is 0 Å². The summed E-state index contributed by atoms with van der Waals surface area (Å²) in [6.07, 6.45) is 7.69. The molecule has 0 aliphatic carbocycles. The highest BCUT2D eigenvalue weighted by molar-refractivity contribution is 7.99. The highest BCUT2D eigenvalue weighted by atomic mass is 32.2. The van der Waals surface area contributed by atoms with Crippen molar-refractivity contribution in [2.24, 2.45) is 0 Å². The van der Waals surface area contributed by atoms with E-state index in [1.165, 1.54) is 5.56 Å². The summed E-state index contributed by atoms with van der Waals surface area (Å²) in [5.74, 6) is 1.78. The highest BCUT2D eigenvalue weighted by Gasteiger charge is 2.43. The largest absolute Gasteiger partial charge is 0.336 e. The number of hydrogen-bond acceptors (Lipinski definition) is 4. The predicted molar refractivity (Wildman–Crippen MR) is 94.6 cm³/mol. The van der Waals surface area contributed by atoms with Gasteiger partial charge in [-0.2, -0.15) is 15.0 Å². The summed E-state index contributed by atoms with van der Waals surface area (Å²) in [7, 11) is 0. The second kappa shape index (κ2) is 6.97. The molecule has 126 valence electrons. The van der Waals surface area contributed by atoms with Crippen molar-refractivity contribution < 1.29 is 4.79 Å². The first kappa shape index (κ1) is 15.7. The van der Waals surface area contributed by atoms with Crippen molar-refractivity contribution >= 4 is 17.7 Å². The quantitative estimate of drug-likeness (QED) is 0.838. The van der Waals surface area contributed by atoms with Gasteiger partial charge in [0.15, 0.2) is 0 Å². The number of nitrogens with zero attached hydrogens (tertiary/aromatic N) is 4. The van der Waals surface area contributed by atoms with Crippen LogP contribution in [-0.2, 0) is 10.5 Å². The fourth-order valence-corrected chi connectivity index (χ4v) is 4.92. The van der Waals surface area contributed by atoms with E-state index in [0.717, 1.165) is 31.4 Å². The van der Waals surface area contributed by atoms with E-state index in [-0.39, 0.29) is 0 Å². The number of carbonyl (C=O) groups is 1. The van der Waals surface area contributed by atoms with Crippen LogP contribution >= 0.6 is 11.8 Å². The van der Waals surface area contributed by atoms with Gasteiger partial charge in [0.1, 0.15) is 0 Å². The topological polar surface area (TPSA) is 51.0 Å². The summed E-state index contributed by atoms with van der Waals surface area (Å²) in [6, 6.07) is 11.4. The molecule has 2 atom stereocenters. The molecule has 24 heavy (non-hydrogen) atoms. The van der Waals surface area contributed by atoms with Gasteiger partial charge in [-0.25, -0.2) is 0 Å². The lowest BCUT2D eigenvalue weighted by Gasteiger charge is -2.38. The van der Waals surface area contributed by atoms with Crippen LogP contribution in [0.15, 0.2) is 42.7 Å². The summed E-state index contributed by atoms with van der Waals surface area (Å²) in [5, 5.41) is 8.58. The van der Waals surface area contributed by atoms with Crippen molar-refractivity contribution in [1.29, 1.82) is 0 Å². The number of hydrogen-bond donors (Lipinski definition) is 0. The summed E-state index contributed by atoms with van der Waals surface area (Å²) < 4.78 is 0. The van der Waals surface area contributed by atoms with Gasteiger partial charge in [0.2, 0.25) is 5.91 Å². The summed E-state index contributed by atoms with van der Waals surface area (Å²) in [6.45, 7) is 0. The van der Waals surface area contributed by atoms with Crippen LogP contribution < -0.4 is 0 Å². The molecule has 0 spiro atoms. The molecule has 0 N–H and O–H groups in total. The molecule has 6 heteroatoms. The second-order valence-electron chi connectivity index (χ2n) is 6.64. The molecular formula is C18H22N4OS. The maximum atomic E-state index is 12.7. The first-order chi connectivity index (χ1) is 11.8. The number of thioether (sulfide) groups is 1. The Hall–Kier alpha value is -1.82. The smallest absolute Gasteiger partial charge is 0.233 e. The van der Waals surface area contributed by atoms with Gasteiger partial charge in [-0.3, -0.25) is 4.79 Å². The lowest BCUT2D eigenvalue weighted by Crippen LogP contribution is -2.47. The third-order valence-corrected chi connectivity index (χ3v) is 6.09. The van der Waals surface area contributed by atoms with Gasteiger partial charge >= 0.3 is 0 Å². The monoisotopic (exact) mass is 342 g/mol. The number of rotatable bonds is 5. The van der Waals surface area contributed by atoms with Gasteiger partial charge in [0, 0.05) is 17.8 Å². The molecule has 5 nitrogen and oxygen atoms in total. The average Bonchev–Trinajstić information content (AvgIpc) is 3.22. The van der Waals surface area contributed by atoms with Crippen molar-refractivity contribution in [3.63, 3.8) is 0 Å². The zero-order valence-electron chi connectivity index (χ0n) is 13.6. The molecule has 2 aliphatic heterocycles. The first-order valence-corrected chi connectivity index (χ1v) is 9.75. The maximum Gasteiger partial charge on any atom is 0.233 e. The fraction of sp³-hybridized carbons (Fsp3) is 0.500. The predicted octanol–water partition coefficient (Wildman–Crippen LogP) is 2.91. The lowest BCUT2D eigenvalue weighted by atomic mass is 9.98. The van der Waals surface area contributed by atoms with E-state index >= 15 is 0 Å². The fourth-order valence-electron chi connectivity index (χ4n) is 4.06. The maximum absolute atomic E-state index is 12.7. The Labute approximate surface area is 146 Å². The molecule has 2 bridgehead atoms. The number of aromatic nitrogens is 3. The summed E-state index contributed by atoms with van der Waals surface area (Å²) >= 11 is 1.72. The Morgan fingerprint density at radius 3 is 2.38 bits per heavy atom. The number of fused-ring (bicyclic) bond motifs is 2. The van der Waals surface area contributed by atoms with Gasteiger partial charge in [0.25, 0.3) is 0 Å². The van der Waals surface area contributed by atoms with Crippen LogP contribution in [-0.4, -0.2) is 43.6 Å². The second-order valence-corrected chi connectivity index (χ2v) is 7.62. The number of piperidine rings is 1. The van der Waals surface area contributed by atoms with E-state index in [1.807, 2.05) is 23.0 Å². The highest BCUT2D eigenvalue weighted by Crippen LogP contribution is 2.40. The van der Waals surface area contributed by atoms with Crippen molar-refractivity contribution in [3.8, 4) is 0 Å². The van der Waals surface area contributed by atoms with Gasteiger partial charge in [-0.15, -0.1) is 11.8 Å². The molecule has 2 aliphatic rings. The molecule has 2 fully saturated rings. The average molecular weight is 342 g/mol. The molecule has 0 unspecified atom stereocenters. The van der Waals surface area contributed by atoms with Crippen molar-refractivity contribution in [2.45, 2.75) is 49.6 Å². The standard InChI is InChI=1S/C18H22N4OS/c23-18(13-24-12-14-4-2-1-3-5-14)21-15-6-7-16(21)11-17(10-15)22-19-8-9-20-22/h1-5,8-9,15-17H,6-7,10-13H2/t15-,16-/m0/s1. The minimum atomic E-state index is 0.301. The summed E-state index contributed by atoms with van der Waals surface area (Å²) in [5.41, 5.74) is 1.28. The lowest BCUT2D eigenvalue weighted by molar-refractivity contribution is -0.133. The van der Waals surface area contributed by atoms with Crippen LogP contribution in [0.2, 0.25) is 0 Å². The number of benzene rings is 1. The third kappa shape index (κ3) is 3.20. The minimum Gasteiger partial charge on any atom is -0.336 e. The Morgan fingerprint density at radius 1 is 1.04 bits per heavy atom. The van der Waals surface area contributed by atoms with Crippen LogP contribution in [0.5, 0.6) is 0 Å². The molecule has 2 aromatic rings. The van der Waals surface area contributed by atoms with Crippen molar-refractivity contribution in [3.05, 3.63) is 48.3 Å². The number of carbonyl (C=O) groups excluding carboxylic acids is 1. The Morgan fingerprint density at radius 2 is 1.71 bits per heavy atom. The molecule has 0 saturated carbocycles.